The number of benzene rings is 1. The molecule has 2 N–H and O–H groups in total. The van der Waals surface area contributed by atoms with Crippen molar-refractivity contribution in [1.82, 2.24) is 25.3 Å². The van der Waals surface area contributed by atoms with Crippen LogP contribution in [-0.2, 0) is 10.3 Å². The minimum atomic E-state index is -0.626. The van der Waals surface area contributed by atoms with Crippen LogP contribution in [0.2, 0.25) is 0 Å². The van der Waals surface area contributed by atoms with Gasteiger partial charge < -0.3 is 15.5 Å². The minimum absolute atomic E-state index is 0.00489. The van der Waals surface area contributed by atoms with E-state index in [0.717, 1.165) is 25.9 Å². The van der Waals surface area contributed by atoms with Crippen LogP contribution in [0.25, 0.3) is 0 Å². The number of halogens is 1. The number of hydrogen-bond donors (Lipinski definition) is 2. The number of nitrogens with zero attached hydrogens (tertiary/aromatic N) is 3. The van der Waals surface area contributed by atoms with Gasteiger partial charge in [0, 0.05) is 37.1 Å². The van der Waals surface area contributed by atoms with E-state index in [2.05, 4.69) is 15.7 Å². The summed E-state index contributed by atoms with van der Waals surface area (Å²) in [6, 6.07) is 7.38. The number of carbonyl (C=O) groups excluding carboxylic acids is 2. The van der Waals surface area contributed by atoms with Gasteiger partial charge in [0.05, 0.1) is 0 Å². The van der Waals surface area contributed by atoms with Crippen molar-refractivity contribution in [1.29, 1.82) is 0 Å². The van der Waals surface area contributed by atoms with E-state index in [0.29, 0.717) is 31.5 Å². The van der Waals surface area contributed by atoms with Gasteiger partial charge in [-0.15, -0.1) is 0 Å². The van der Waals surface area contributed by atoms with E-state index >= 15 is 0 Å². The van der Waals surface area contributed by atoms with Crippen LogP contribution < -0.4 is 10.6 Å². The Bertz CT molecular complexity index is 838. The molecule has 2 amide bonds. The lowest BCUT2D eigenvalue weighted by molar-refractivity contribution is -0.144. The highest BCUT2D eigenvalue weighted by Gasteiger charge is 2.45. The van der Waals surface area contributed by atoms with Crippen molar-refractivity contribution in [2.45, 2.75) is 37.3 Å². The van der Waals surface area contributed by atoms with Crippen LogP contribution in [0.4, 0.5) is 4.39 Å². The van der Waals surface area contributed by atoms with Crippen LogP contribution in [0.3, 0.4) is 0 Å². The van der Waals surface area contributed by atoms with Crippen molar-refractivity contribution in [2.75, 3.05) is 26.2 Å². The lowest BCUT2D eigenvalue weighted by atomic mass is 9.86. The van der Waals surface area contributed by atoms with E-state index in [9.17, 15) is 14.0 Å². The topological polar surface area (TPSA) is 79.3 Å². The molecule has 2 aliphatic rings. The Hall–Kier alpha value is -2.74. The standard InChI is InChI=1S/C21H26FN5O2/c22-17-4-2-16(3-5-17)19(28)25-18-6-14-26(15-7-18)20(29)21(8-11-23-12-9-21)27-13-1-10-24-27/h1-5,10,13,18,23H,6-9,11-12,14-15H2,(H,25,28). The third-order valence-electron chi connectivity index (χ3n) is 6.00. The van der Waals surface area contributed by atoms with E-state index < -0.39 is 5.54 Å². The van der Waals surface area contributed by atoms with Crippen molar-refractivity contribution in [3.8, 4) is 0 Å². The molecule has 0 atom stereocenters. The highest BCUT2D eigenvalue weighted by molar-refractivity contribution is 5.94. The Morgan fingerprint density at radius 1 is 1.14 bits per heavy atom. The molecule has 154 valence electrons. The lowest BCUT2D eigenvalue weighted by Gasteiger charge is -2.42. The normalized spacial score (nSPS) is 19.7. The molecular weight excluding hydrogens is 373 g/mol. The number of aromatic nitrogens is 2. The first kappa shape index (κ1) is 19.6. The third-order valence-corrected chi connectivity index (χ3v) is 6.00. The second-order valence-electron chi connectivity index (χ2n) is 7.78. The second kappa shape index (κ2) is 8.32. The van der Waals surface area contributed by atoms with Gasteiger partial charge in [0.2, 0.25) is 0 Å². The maximum atomic E-state index is 13.5. The monoisotopic (exact) mass is 399 g/mol. The molecule has 3 heterocycles. The van der Waals surface area contributed by atoms with Gasteiger partial charge in [0.25, 0.3) is 11.8 Å². The second-order valence-corrected chi connectivity index (χ2v) is 7.78. The van der Waals surface area contributed by atoms with Crippen LogP contribution >= 0.6 is 0 Å². The van der Waals surface area contributed by atoms with E-state index in [4.69, 9.17) is 0 Å². The van der Waals surface area contributed by atoms with Crippen molar-refractivity contribution in [3.63, 3.8) is 0 Å². The fourth-order valence-electron chi connectivity index (χ4n) is 4.29. The largest absolute Gasteiger partial charge is 0.349 e. The first-order chi connectivity index (χ1) is 14.1. The van der Waals surface area contributed by atoms with Gasteiger partial charge in [-0.2, -0.15) is 5.10 Å². The molecule has 2 aliphatic heterocycles. The Balaban J connectivity index is 1.38. The summed E-state index contributed by atoms with van der Waals surface area (Å²) in [5.41, 5.74) is -0.184. The number of likely N-dealkylation sites (tertiary alicyclic amines) is 1. The summed E-state index contributed by atoms with van der Waals surface area (Å²) in [4.78, 5) is 27.7. The Morgan fingerprint density at radius 2 is 1.83 bits per heavy atom. The summed E-state index contributed by atoms with van der Waals surface area (Å²) in [6.07, 6.45) is 6.43. The molecular formula is C21H26FN5O2. The number of piperidine rings is 2. The fraction of sp³-hybridized carbons (Fsp3) is 0.476. The number of nitrogens with one attached hydrogen (secondary N) is 2. The molecule has 29 heavy (non-hydrogen) atoms. The van der Waals surface area contributed by atoms with Gasteiger partial charge in [-0.25, -0.2) is 4.39 Å². The van der Waals surface area contributed by atoms with E-state index in [-0.39, 0.29) is 23.7 Å². The summed E-state index contributed by atoms with van der Waals surface area (Å²) in [5, 5.41) is 10.7. The van der Waals surface area contributed by atoms with Crippen molar-refractivity contribution in [3.05, 3.63) is 54.1 Å². The van der Waals surface area contributed by atoms with Gasteiger partial charge >= 0.3 is 0 Å². The average Bonchev–Trinajstić information content (AvgIpc) is 3.30. The molecule has 2 fully saturated rings. The smallest absolute Gasteiger partial charge is 0.251 e. The van der Waals surface area contributed by atoms with Crippen LogP contribution in [0, 0.1) is 5.82 Å². The van der Waals surface area contributed by atoms with E-state index in [1.807, 2.05) is 21.8 Å². The molecule has 2 saturated heterocycles. The molecule has 0 bridgehead atoms. The Kier molecular flexibility index (Phi) is 5.62. The SMILES string of the molecule is O=C(NC1CCN(C(=O)C2(n3cccn3)CCNCC2)CC1)c1ccc(F)cc1. The Labute approximate surface area is 169 Å². The van der Waals surface area contributed by atoms with Crippen LogP contribution in [0.15, 0.2) is 42.7 Å². The van der Waals surface area contributed by atoms with Crippen LogP contribution in [-0.4, -0.2) is 58.7 Å². The summed E-state index contributed by atoms with van der Waals surface area (Å²) in [6.45, 7) is 2.78. The zero-order valence-electron chi connectivity index (χ0n) is 16.3. The fourth-order valence-corrected chi connectivity index (χ4v) is 4.29. The predicted molar refractivity (Wildman–Crippen MR) is 106 cm³/mol. The van der Waals surface area contributed by atoms with Crippen molar-refractivity contribution in [2.24, 2.45) is 0 Å². The highest BCUT2D eigenvalue weighted by Crippen LogP contribution is 2.30. The van der Waals surface area contributed by atoms with E-state index in [1.165, 1.54) is 24.3 Å². The molecule has 1 aromatic carbocycles. The quantitative estimate of drug-likeness (QED) is 0.817. The summed E-state index contributed by atoms with van der Waals surface area (Å²) < 4.78 is 14.9. The Morgan fingerprint density at radius 3 is 2.45 bits per heavy atom. The molecule has 8 heteroatoms. The molecule has 0 aliphatic carbocycles. The van der Waals surface area contributed by atoms with Crippen LogP contribution in [0.1, 0.15) is 36.0 Å². The van der Waals surface area contributed by atoms with Gasteiger partial charge in [0.15, 0.2) is 0 Å². The lowest BCUT2D eigenvalue weighted by Crippen LogP contribution is -2.58. The minimum Gasteiger partial charge on any atom is -0.349 e. The third kappa shape index (κ3) is 4.03. The molecule has 7 nitrogen and oxygen atoms in total. The zero-order valence-corrected chi connectivity index (χ0v) is 16.3. The molecule has 0 unspecified atom stereocenters. The molecule has 0 saturated carbocycles. The first-order valence-corrected chi connectivity index (χ1v) is 10.2. The predicted octanol–water partition coefficient (Wildman–Crippen LogP) is 1.52. The first-order valence-electron chi connectivity index (χ1n) is 10.2. The summed E-state index contributed by atoms with van der Waals surface area (Å²) >= 11 is 0. The molecule has 0 radical (unpaired) electrons. The van der Waals surface area contributed by atoms with E-state index in [1.54, 1.807) is 6.20 Å². The molecule has 1 aromatic heterocycles. The molecule has 0 spiro atoms. The number of rotatable bonds is 4. The number of carbonyl (C=O) groups is 2. The summed E-state index contributed by atoms with van der Waals surface area (Å²) in [5.74, 6) is -0.454. The van der Waals surface area contributed by atoms with Gasteiger partial charge in [-0.1, -0.05) is 0 Å². The van der Waals surface area contributed by atoms with Crippen LogP contribution in [0.5, 0.6) is 0 Å². The van der Waals surface area contributed by atoms with Gasteiger partial charge in [-0.3, -0.25) is 14.3 Å². The number of hydrogen-bond acceptors (Lipinski definition) is 4. The summed E-state index contributed by atoms with van der Waals surface area (Å²) in [7, 11) is 0. The maximum absolute atomic E-state index is 13.5. The van der Waals surface area contributed by atoms with Crippen molar-refractivity contribution < 1.29 is 14.0 Å². The molecule has 2 aromatic rings. The average molecular weight is 399 g/mol. The van der Waals surface area contributed by atoms with Gasteiger partial charge in [0.1, 0.15) is 11.4 Å². The zero-order chi connectivity index (χ0) is 20.3. The molecule has 4 rings (SSSR count). The maximum Gasteiger partial charge on any atom is 0.251 e. The highest BCUT2D eigenvalue weighted by atomic mass is 19.1. The van der Waals surface area contributed by atoms with Gasteiger partial charge in [-0.05, 0) is 69.1 Å². The number of amides is 2. The van der Waals surface area contributed by atoms with Crippen molar-refractivity contribution >= 4 is 11.8 Å².